The van der Waals surface area contributed by atoms with Crippen LogP contribution in [0.25, 0.3) is 0 Å². The van der Waals surface area contributed by atoms with Crippen LogP contribution in [0.5, 0.6) is 5.75 Å². The lowest BCUT2D eigenvalue weighted by atomic mass is 9.78. The van der Waals surface area contributed by atoms with E-state index in [1.165, 1.54) is 0 Å². The van der Waals surface area contributed by atoms with Gasteiger partial charge in [-0.25, -0.2) is 0 Å². The van der Waals surface area contributed by atoms with Crippen molar-refractivity contribution in [2.45, 2.75) is 53.2 Å². The van der Waals surface area contributed by atoms with Crippen LogP contribution < -0.4 is 4.74 Å². The highest BCUT2D eigenvalue weighted by Gasteiger charge is 2.29. The van der Waals surface area contributed by atoms with E-state index in [0.717, 1.165) is 24.2 Å². The van der Waals surface area contributed by atoms with Gasteiger partial charge in [0.1, 0.15) is 5.75 Å². The zero-order chi connectivity index (χ0) is 18.2. The highest BCUT2D eigenvalue weighted by atomic mass is 16.5. The Balaban J connectivity index is 2.41. The van der Waals surface area contributed by atoms with Gasteiger partial charge in [0.05, 0.1) is 32.5 Å². The fourth-order valence-electron chi connectivity index (χ4n) is 2.48. The molecule has 0 bridgehead atoms. The average molecular weight is 333 g/mol. The topological polar surface area (TPSA) is 62.5 Å². The third-order valence-corrected chi connectivity index (χ3v) is 4.68. The first-order valence-electron chi connectivity index (χ1n) is 8.58. The van der Waals surface area contributed by atoms with E-state index in [1.54, 1.807) is 7.11 Å². The molecule has 24 heavy (non-hydrogen) atoms. The number of benzene rings is 1. The van der Waals surface area contributed by atoms with Gasteiger partial charge in [0.15, 0.2) is 0 Å². The van der Waals surface area contributed by atoms with E-state index in [-0.39, 0.29) is 17.9 Å². The van der Waals surface area contributed by atoms with Gasteiger partial charge < -0.3 is 14.6 Å². The van der Waals surface area contributed by atoms with Crippen molar-refractivity contribution in [2.24, 2.45) is 17.3 Å². The summed E-state index contributed by atoms with van der Waals surface area (Å²) < 4.78 is 10.8. The molecular weight excluding hydrogens is 302 g/mol. The molecule has 0 saturated heterocycles. The third kappa shape index (κ3) is 6.51. The number of hydrogen-bond acceptors (Lipinski definition) is 4. The van der Waals surface area contributed by atoms with Crippen LogP contribution in [-0.2, 0) is 11.3 Å². The van der Waals surface area contributed by atoms with Crippen LogP contribution in [0.15, 0.2) is 24.3 Å². The number of aliphatic hydroxyl groups excluding tert-OH is 1. The van der Waals surface area contributed by atoms with E-state index >= 15 is 0 Å². The van der Waals surface area contributed by atoms with Crippen molar-refractivity contribution in [3.63, 3.8) is 0 Å². The lowest BCUT2D eigenvalue weighted by molar-refractivity contribution is -0.0376. The normalized spacial score (nSPS) is 14.2. The zero-order valence-corrected chi connectivity index (χ0v) is 15.6. The molecule has 1 N–H and O–H groups in total. The summed E-state index contributed by atoms with van der Waals surface area (Å²) >= 11 is 0. The van der Waals surface area contributed by atoms with Gasteiger partial charge in [-0.15, -0.1) is 0 Å². The Morgan fingerprint density at radius 2 is 1.83 bits per heavy atom. The van der Waals surface area contributed by atoms with Gasteiger partial charge in [-0.2, -0.15) is 5.26 Å². The third-order valence-electron chi connectivity index (χ3n) is 4.68. The molecule has 134 valence electrons. The smallest absolute Gasteiger partial charge is 0.118 e. The fourth-order valence-corrected chi connectivity index (χ4v) is 2.48. The standard InChI is InChI=1S/C20H31NO3/c1-15(2)17(12-21)10-11-20(3,4)19(22)14-24-13-16-6-8-18(23-5)9-7-16/h6-9,15,17,19,22H,10-11,13-14H2,1-5H3/t17?,19-/m0/s1. The summed E-state index contributed by atoms with van der Waals surface area (Å²) in [6.07, 6.45) is 1.05. The number of ether oxygens (including phenoxy) is 2. The molecule has 1 unspecified atom stereocenters. The maximum Gasteiger partial charge on any atom is 0.118 e. The Morgan fingerprint density at radius 3 is 2.33 bits per heavy atom. The quantitative estimate of drug-likeness (QED) is 0.698. The minimum Gasteiger partial charge on any atom is -0.497 e. The number of aliphatic hydroxyl groups is 1. The van der Waals surface area contributed by atoms with Crippen LogP contribution in [0.4, 0.5) is 0 Å². The lowest BCUT2D eigenvalue weighted by Crippen LogP contribution is -2.34. The van der Waals surface area contributed by atoms with E-state index in [9.17, 15) is 10.4 Å². The largest absolute Gasteiger partial charge is 0.497 e. The average Bonchev–Trinajstić information content (AvgIpc) is 2.55. The van der Waals surface area contributed by atoms with Crippen LogP contribution in [0.3, 0.4) is 0 Å². The number of hydrogen-bond donors (Lipinski definition) is 1. The Bertz CT molecular complexity index is 517. The van der Waals surface area contributed by atoms with E-state index in [2.05, 4.69) is 19.9 Å². The molecule has 0 saturated carbocycles. The molecule has 0 spiro atoms. The molecule has 0 aromatic heterocycles. The second-order valence-electron chi connectivity index (χ2n) is 7.39. The van der Waals surface area contributed by atoms with E-state index in [1.807, 2.05) is 38.1 Å². The predicted molar refractivity (Wildman–Crippen MR) is 95.6 cm³/mol. The molecule has 4 heteroatoms. The van der Waals surface area contributed by atoms with Gasteiger partial charge in [0.25, 0.3) is 0 Å². The first-order chi connectivity index (χ1) is 11.3. The summed E-state index contributed by atoms with van der Waals surface area (Å²) in [5.41, 5.74) is 0.773. The molecule has 0 radical (unpaired) electrons. The Morgan fingerprint density at radius 1 is 1.21 bits per heavy atom. The molecule has 0 heterocycles. The van der Waals surface area contributed by atoms with Crippen molar-refractivity contribution in [1.29, 1.82) is 5.26 Å². The summed E-state index contributed by atoms with van der Waals surface area (Å²) in [5.74, 6) is 1.20. The summed E-state index contributed by atoms with van der Waals surface area (Å²) in [4.78, 5) is 0. The summed E-state index contributed by atoms with van der Waals surface area (Å²) in [6, 6.07) is 10.1. The van der Waals surface area contributed by atoms with Crippen LogP contribution in [0.1, 0.15) is 46.1 Å². The van der Waals surface area contributed by atoms with Gasteiger partial charge >= 0.3 is 0 Å². The summed E-state index contributed by atoms with van der Waals surface area (Å²) in [7, 11) is 1.64. The second kappa shape index (κ2) is 9.66. The molecule has 4 nitrogen and oxygen atoms in total. The maximum atomic E-state index is 10.4. The molecule has 0 amide bonds. The molecule has 0 fully saturated rings. The predicted octanol–water partition coefficient (Wildman–Crippen LogP) is 4.17. The van der Waals surface area contributed by atoms with Crippen molar-refractivity contribution in [2.75, 3.05) is 13.7 Å². The summed E-state index contributed by atoms with van der Waals surface area (Å²) in [6.45, 7) is 8.94. The van der Waals surface area contributed by atoms with Crippen molar-refractivity contribution >= 4 is 0 Å². The number of nitriles is 1. The fraction of sp³-hybridized carbons (Fsp3) is 0.650. The Kier molecular flexibility index (Phi) is 8.24. The Labute approximate surface area is 146 Å². The molecule has 1 aromatic rings. The van der Waals surface area contributed by atoms with Gasteiger partial charge in [0, 0.05) is 5.92 Å². The maximum absolute atomic E-state index is 10.4. The van der Waals surface area contributed by atoms with Crippen molar-refractivity contribution in [3.05, 3.63) is 29.8 Å². The van der Waals surface area contributed by atoms with E-state index < -0.39 is 6.10 Å². The van der Waals surface area contributed by atoms with Crippen LogP contribution in [0, 0.1) is 28.6 Å². The zero-order valence-electron chi connectivity index (χ0n) is 15.6. The first kappa shape index (κ1) is 20.5. The number of methoxy groups -OCH3 is 1. The monoisotopic (exact) mass is 333 g/mol. The second-order valence-corrected chi connectivity index (χ2v) is 7.39. The van der Waals surface area contributed by atoms with Crippen molar-refractivity contribution in [3.8, 4) is 11.8 Å². The number of rotatable bonds is 10. The van der Waals surface area contributed by atoms with Crippen LogP contribution in [0.2, 0.25) is 0 Å². The molecular formula is C20H31NO3. The van der Waals surface area contributed by atoms with Gasteiger partial charge in [0.2, 0.25) is 0 Å². The lowest BCUT2D eigenvalue weighted by Gasteiger charge is -2.31. The van der Waals surface area contributed by atoms with Gasteiger partial charge in [-0.1, -0.05) is 39.8 Å². The van der Waals surface area contributed by atoms with Gasteiger partial charge in [-0.05, 0) is 41.9 Å². The molecule has 0 aliphatic rings. The van der Waals surface area contributed by atoms with E-state index in [4.69, 9.17) is 9.47 Å². The number of nitrogens with zero attached hydrogens (tertiary/aromatic N) is 1. The van der Waals surface area contributed by atoms with Crippen LogP contribution in [-0.4, -0.2) is 24.9 Å². The van der Waals surface area contributed by atoms with Crippen molar-refractivity contribution < 1.29 is 14.6 Å². The SMILES string of the molecule is COc1ccc(COC[C@H](O)C(C)(C)CCC(C#N)C(C)C)cc1. The summed E-state index contributed by atoms with van der Waals surface area (Å²) in [5, 5.41) is 19.6. The molecule has 0 aliphatic heterocycles. The first-order valence-corrected chi connectivity index (χ1v) is 8.58. The highest BCUT2D eigenvalue weighted by Crippen LogP contribution is 2.31. The van der Waals surface area contributed by atoms with E-state index in [0.29, 0.717) is 12.5 Å². The molecule has 2 atom stereocenters. The Hall–Kier alpha value is -1.57. The van der Waals surface area contributed by atoms with Crippen molar-refractivity contribution in [1.82, 2.24) is 0 Å². The minimum atomic E-state index is -0.553. The highest BCUT2D eigenvalue weighted by molar-refractivity contribution is 5.26. The molecule has 1 rings (SSSR count). The van der Waals surface area contributed by atoms with Gasteiger partial charge in [-0.3, -0.25) is 0 Å². The van der Waals surface area contributed by atoms with Crippen LogP contribution >= 0.6 is 0 Å². The minimum absolute atomic E-state index is 0.0386. The molecule has 0 aliphatic carbocycles. The molecule has 1 aromatic carbocycles.